The molecule has 31 heavy (non-hydrogen) atoms. The summed E-state index contributed by atoms with van der Waals surface area (Å²) >= 11 is 0. The predicted octanol–water partition coefficient (Wildman–Crippen LogP) is 2.94. The molecule has 8 heteroatoms. The van der Waals surface area contributed by atoms with Crippen molar-refractivity contribution in [1.82, 2.24) is 10.5 Å². The molecular formula is C23H21N3O5. The van der Waals surface area contributed by atoms with E-state index in [1.165, 1.54) is 0 Å². The molecule has 1 aliphatic rings. The van der Waals surface area contributed by atoms with E-state index in [2.05, 4.69) is 10.5 Å². The average Bonchev–Trinajstić information content (AvgIpc) is 3.46. The molecule has 1 fully saturated rings. The molecule has 0 bridgehead atoms. The number of nitrogens with zero attached hydrogens (tertiary/aromatic N) is 2. The molecule has 1 aromatic heterocycles. The lowest BCUT2D eigenvalue weighted by Crippen LogP contribution is -2.30. The molecule has 0 saturated carbocycles. The molecule has 0 radical (unpaired) electrons. The third kappa shape index (κ3) is 4.98. The zero-order valence-electron chi connectivity index (χ0n) is 16.7. The second kappa shape index (κ2) is 9.25. The highest BCUT2D eigenvalue weighted by Gasteiger charge is 2.21. The second-order valence-electron chi connectivity index (χ2n) is 7.09. The summed E-state index contributed by atoms with van der Waals surface area (Å²) in [5.41, 5.74) is 2.51. The summed E-state index contributed by atoms with van der Waals surface area (Å²) < 4.78 is 10.4. The summed E-state index contributed by atoms with van der Waals surface area (Å²) in [6.07, 6.45) is 1.39. The van der Waals surface area contributed by atoms with Crippen molar-refractivity contribution in [2.45, 2.75) is 19.4 Å². The number of carbonyl (C=O) groups excluding carboxylic acids is 3. The van der Waals surface area contributed by atoms with Gasteiger partial charge >= 0.3 is 5.97 Å². The van der Waals surface area contributed by atoms with Gasteiger partial charge in [0.15, 0.2) is 5.76 Å². The highest BCUT2D eigenvalue weighted by molar-refractivity contribution is 5.98. The number of ether oxygens (including phenoxy) is 1. The van der Waals surface area contributed by atoms with Crippen LogP contribution in [0.1, 0.15) is 28.9 Å². The fraction of sp³-hybridized carbons (Fsp3) is 0.217. The fourth-order valence-electron chi connectivity index (χ4n) is 3.29. The van der Waals surface area contributed by atoms with Crippen LogP contribution >= 0.6 is 0 Å². The third-order valence-corrected chi connectivity index (χ3v) is 4.91. The molecule has 3 aromatic rings. The van der Waals surface area contributed by atoms with Gasteiger partial charge in [0.2, 0.25) is 5.91 Å². The van der Waals surface area contributed by atoms with Crippen molar-refractivity contribution in [2.24, 2.45) is 0 Å². The largest absolute Gasteiger partial charge is 0.458 e. The van der Waals surface area contributed by atoms with Crippen LogP contribution in [0.2, 0.25) is 0 Å². The van der Waals surface area contributed by atoms with Crippen LogP contribution in [0.15, 0.2) is 65.2 Å². The van der Waals surface area contributed by atoms with Crippen molar-refractivity contribution in [3.8, 4) is 11.3 Å². The number of esters is 1. The van der Waals surface area contributed by atoms with Crippen LogP contribution in [0.5, 0.6) is 0 Å². The summed E-state index contributed by atoms with van der Waals surface area (Å²) in [5.74, 6) is -0.317. The molecule has 0 aliphatic carbocycles. The van der Waals surface area contributed by atoms with E-state index < -0.39 is 11.9 Å². The van der Waals surface area contributed by atoms with Gasteiger partial charge in [0.25, 0.3) is 5.91 Å². The fourth-order valence-corrected chi connectivity index (χ4v) is 3.29. The Morgan fingerprint density at radius 3 is 2.58 bits per heavy atom. The van der Waals surface area contributed by atoms with Gasteiger partial charge < -0.3 is 19.5 Å². The SMILES string of the molecule is O=C(CNC(=O)c1ccc(N2CCCC2=O)cc1)OCc1cc(-c2ccccc2)on1. The van der Waals surface area contributed by atoms with Crippen molar-refractivity contribution < 1.29 is 23.6 Å². The smallest absolute Gasteiger partial charge is 0.325 e. The Kier molecular flexibility index (Phi) is 6.07. The van der Waals surface area contributed by atoms with Gasteiger partial charge in [0.1, 0.15) is 18.8 Å². The minimum absolute atomic E-state index is 0.0520. The molecule has 4 rings (SSSR count). The number of aromatic nitrogens is 1. The molecule has 1 aliphatic heterocycles. The Bertz CT molecular complexity index is 1080. The van der Waals surface area contributed by atoms with Crippen LogP contribution in [0, 0.1) is 0 Å². The highest BCUT2D eigenvalue weighted by Crippen LogP contribution is 2.22. The van der Waals surface area contributed by atoms with Gasteiger partial charge in [-0.15, -0.1) is 0 Å². The van der Waals surface area contributed by atoms with Gasteiger partial charge in [-0.1, -0.05) is 35.5 Å². The Balaban J connectivity index is 1.24. The van der Waals surface area contributed by atoms with E-state index >= 15 is 0 Å². The van der Waals surface area contributed by atoms with Crippen LogP contribution in [0.25, 0.3) is 11.3 Å². The molecule has 0 spiro atoms. The standard InChI is InChI=1S/C23H21N3O5/c27-21-7-4-12-26(21)19-10-8-17(9-11-19)23(29)24-14-22(28)30-15-18-13-20(31-25-18)16-5-2-1-3-6-16/h1-3,5-6,8-11,13H,4,7,12,14-15H2,(H,24,29). The van der Waals surface area contributed by atoms with E-state index in [0.29, 0.717) is 30.0 Å². The number of nitrogens with one attached hydrogen (secondary N) is 1. The zero-order valence-corrected chi connectivity index (χ0v) is 16.7. The zero-order chi connectivity index (χ0) is 21.6. The molecule has 158 valence electrons. The van der Waals surface area contributed by atoms with Crippen LogP contribution in [0.3, 0.4) is 0 Å². The van der Waals surface area contributed by atoms with Gasteiger partial charge in [-0.25, -0.2) is 0 Å². The monoisotopic (exact) mass is 419 g/mol. The number of carbonyl (C=O) groups is 3. The predicted molar refractivity (Wildman–Crippen MR) is 112 cm³/mol. The molecule has 2 heterocycles. The lowest BCUT2D eigenvalue weighted by molar-refractivity contribution is -0.143. The molecule has 1 N–H and O–H groups in total. The first-order chi connectivity index (χ1) is 15.1. The van der Waals surface area contributed by atoms with E-state index in [-0.39, 0.29) is 19.1 Å². The van der Waals surface area contributed by atoms with Gasteiger partial charge in [-0.05, 0) is 30.7 Å². The number of hydrogen-bond donors (Lipinski definition) is 1. The summed E-state index contributed by atoms with van der Waals surface area (Å²) in [6, 6.07) is 17.9. The van der Waals surface area contributed by atoms with Crippen LogP contribution in [0.4, 0.5) is 5.69 Å². The number of anilines is 1. The van der Waals surface area contributed by atoms with Crippen molar-refractivity contribution in [3.63, 3.8) is 0 Å². The minimum atomic E-state index is -0.586. The van der Waals surface area contributed by atoms with E-state index in [1.807, 2.05) is 30.3 Å². The van der Waals surface area contributed by atoms with E-state index in [1.54, 1.807) is 35.2 Å². The first-order valence-corrected chi connectivity index (χ1v) is 9.95. The Morgan fingerprint density at radius 1 is 1.10 bits per heavy atom. The van der Waals surface area contributed by atoms with Crippen molar-refractivity contribution >= 4 is 23.5 Å². The Labute approximate surface area is 178 Å². The van der Waals surface area contributed by atoms with Crippen LogP contribution in [-0.4, -0.2) is 36.0 Å². The van der Waals surface area contributed by atoms with E-state index in [9.17, 15) is 14.4 Å². The Hall–Kier alpha value is -3.94. The quantitative estimate of drug-likeness (QED) is 0.591. The normalized spacial score (nSPS) is 13.3. The minimum Gasteiger partial charge on any atom is -0.458 e. The highest BCUT2D eigenvalue weighted by atomic mass is 16.5. The average molecular weight is 419 g/mol. The van der Waals surface area contributed by atoms with Gasteiger partial charge in [0, 0.05) is 35.8 Å². The molecule has 2 amide bonds. The van der Waals surface area contributed by atoms with E-state index in [0.717, 1.165) is 17.7 Å². The van der Waals surface area contributed by atoms with E-state index in [4.69, 9.17) is 9.26 Å². The molecule has 1 saturated heterocycles. The second-order valence-corrected chi connectivity index (χ2v) is 7.09. The van der Waals surface area contributed by atoms with Crippen molar-refractivity contribution in [1.29, 1.82) is 0 Å². The van der Waals surface area contributed by atoms with Crippen molar-refractivity contribution in [3.05, 3.63) is 71.9 Å². The number of amides is 2. The molecule has 8 nitrogen and oxygen atoms in total. The summed E-state index contributed by atoms with van der Waals surface area (Å²) in [7, 11) is 0. The third-order valence-electron chi connectivity index (χ3n) is 4.91. The number of rotatable bonds is 7. The maximum absolute atomic E-state index is 12.3. The Morgan fingerprint density at radius 2 is 1.87 bits per heavy atom. The maximum Gasteiger partial charge on any atom is 0.325 e. The summed E-state index contributed by atoms with van der Waals surface area (Å²) in [6.45, 7) is 0.368. The van der Waals surface area contributed by atoms with Gasteiger partial charge in [0.05, 0.1) is 0 Å². The number of benzene rings is 2. The molecule has 0 unspecified atom stereocenters. The molecular weight excluding hydrogens is 398 g/mol. The lowest BCUT2D eigenvalue weighted by Gasteiger charge is -2.15. The lowest BCUT2D eigenvalue weighted by atomic mass is 10.2. The van der Waals surface area contributed by atoms with Gasteiger partial charge in [-0.3, -0.25) is 14.4 Å². The summed E-state index contributed by atoms with van der Waals surface area (Å²) in [4.78, 5) is 37.7. The first kappa shape index (κ1) is 20.3. The maximum atomic E-state index is 12.3. The van der Waals surface area contributed by atoms with Crippen LogP contribution < -0.4 is 10.2 Å². The van der Waals surface area contributed by atoms with Gasteiger partial charge in [-0.2, -0.15) is 0 Å². The van der Waals surface area contributed by atoms with Crippen molar-refractivity contribution in [2.75, 3.05) is 18.0 Å². The molecule has 2 aromatic carbocycles. The van der Waals surface area contributed by atoms with Crippen LogP contribution in [-0.2, 0) is 20.9 Å². The summed E-state index contributed by atoms with van der Waals surface area (Å²) in [5, 5.41) is 6.41. The number of hydrogen-bond acceptors (Lipinski definition) is 6. The topological polar surface area (TPSA) is 102 Å². The first-order valence-electron chi connectivity index (χ1n) is 9.95. The molecule has 0 atom stereocenters.